The molecule has 0 radical (unpaired) electrons. The van der Waals surface area contributed by atoms with Crippen LogP contribution in [0.2, 0.25) is 0 Å². The van der Waals surface area contributed by atoms with Gasteiger partial charge in [0.05, 0.1) is 6.42 Å². The van der Waals surface area contributed by atoms with Crippen molar-refractivity contribution in [2.75, 3.05) is 25.2 Å². The molecule has 2 aromatic carbocycles. The number of nitrogens with zero attached hydrogens (tertiary/aromatic N) is 1. The highest BCUT2D eigenvalue weighted by Crippen LogP contribution is 2.44. The molecule has 0 saturated carbocycles. The molecule has 1 saturated heterocycles. The molecule has 1 aliphatic carbocycles. The zero-order chi connectivity index (χ0) is 23.4. The molecule has 0 spiro atoms. The number of ether oxygens (including phenoxy) is 1. The molecule has 0 aromatic heterocycles. The molecular formula is C25H28N2O5S. The number of hydrogen-bond acceptors (Lipinski definition) is 5. The maximum absolute atomic E-state index is 13.0. The lowest BCUT2D eigenvalue weighted by molar-refractivity contribution is -0.142. The van der Waals surface area contributed by atoms with E-state index in [1.807, 2.05) is 36.4 Å². The Morgan fingerprint density at radius 1 is 1.12 bits per heavy atom. The van der Waals surface area contributed by atoms with Crippen molar-refractivity contribution in [3.8, 4) is 11.1 Å². The molecule has 1 heterocycles. The molecule has 2 atom stereocenters. The Balaban J connectivity index is 1.42. The van der Waals surface area contributed by atoms with Crippen LogP contribution in [0.5, 0.6) is 0 Å². The Kier molecular flexibility index (Phi) is 7.23. The second-order valence-electron chi connectivity index (χ2n) is 8.44. The number of rotatable bonds is 7. The number of carboxylic acids is 1. The summed E-state index contributed by atoms with van der Waals surface area (Å²) in [6.07, 6.45) is 0.603. The second-order valence-corrected chi connectivity index (χ2v) is 9.59. The summed E-state index contributed by atoms with van der Waals surface area (Å²) in [4.78, 5) is 38.5. The van der Waals surface area contributed by atoms with Crippen molar-refractivity contribution in [2.24, 2.45) is 0 Å². The van der Waals surface area contributed by atoms with Crippen molar-refractivity contribution in [3.05, 3.63) is 59.7 Å². The smallest absolute Gasteiger partial charge is 0.407 e. The van der Waals surface area contributed by atoms with Crippen LogP contribution in [0.25, 0.3) is 11.1 Å². The number of likely N-dealkylation sites (N-methyl/N-ethyl adjacent to an activating group) is 1. The summed E-state index contributed by atoms with van der Waals surface area (Å²) in [6, 6.07) is 14.9. The van der Waals surface area contributed by atoms with E-state index in [9.17, 15) is 19.5 Å². The van der Waals surface area contributed by atoms with Crippen molar-refractivity contribution < 1.29 is 24.2 Å². The highest BCUT2D eigenvalue weighted by molar-refractivity contribution is 7.99. The lowest BCUT2D eigenvalue weighted by Crippen LogP contribution is -2.52. The third-order valence-corrected chi connectivity index (χ3v) is 7.54. The van der Waals surface area contributed by atoms with Crippen molar-refractivity contribution >= 4 is 29.7 Å². The number of alkyl carbamates (subject to hydrolysis) is 1. The molecule has 1 fully saturated rings. The van der Waals surface area contributed by atoms with Crippen molar-refractivity contribution in [2.45, 2.75) is 37.3 Å². The van der Waals surface area contributed by atoms with Crippen LogP contribution in [-0.2, 0) is 14.3 Å². The van der Waals surface area contributed by atoms with Gasteiger partial charge in [0.1, 0.15) is 12.6 Å². The summed E-state index contributed by atoms with van der Waals surface area (Å²) >= 11 is 1.78. The standard InChI is InChI=1S/C25H28N2O5S/c1-27(16-7-6-12-33-15-16)24(30)22(13-23(28)29)26-25(31)32-14-21-19-10-4-2-8-17(19)18-9-3-5-11-20(18)21/h2-5,8-11,16,21-22H,6-7,12-15H2,1H3,(H,26,31)(H,28,29). The van der Waals surface area contributed by atoms with Crippen LogP contribution in [0.3, 0.4) is 0 Å². The summed E-state index contributed by atoms with van der Waals surface area (Å²) < 4.78 is 5.51. The Morgan fingerprint density at radius 3 is 2.33 bits per heavy atom. The lowest BCUT2D eigenvalue weighted by Gasteiger charge is -2.33. The Hall–Kier alpha value is -3.00. The minimum atomic E-state index is -1.17. The second kappa shape index (κ2) is 10.3. The van der Waals surface area contributed by atoms with E-state index in [1.165, 1.54) is 0 Å². The van der Waals surface area contributed by atoms with Crippen LogP contribution in [-0.4, -0.2) is 65.2 Å². The van der Waals surface area contributed by atoms with Gasteiger partial charge in [-0.25, -0.2) is 4.79 Å². The lowest BCUT2D eigenvalue weighted by atomic mass is 9.98. The number of carbonyl (C=O) groups excluding carboxylic acids is 2. The molecule has 2 aromatic rings. The number of thioether (sulfide) groups is 1. The zero-order valence-electron chi connectivity index (χ0n) is 18.5. The molecule has 1 aliphatic heterocycles. The van der Waals surface area contributed by atoms with Gasteiger partial charge in [-0.1, -0.05) is 48.5 Å². The van der Waals surface area contributed by atoms with Gasteiger partial charge in [-0.05, 0) is 40.8 Å². The first-order valence-electron chi connectivity index (χ1n) is 11.1. The van der Waals surface area contributed by atoms with Gasteiger partial charge in [0, 0.05) is 24.8 Å². The molecule has 2 unspecified atom stereocenters. The fourth-order valence-electron chi connectivity index (χ4n) is 4.61. The Bertz CT molecular complexity index is 991. The summed E-state index contributed by atoms with van der Waals surface area (Å²) in [5.74, 6) is 0.207. The van der Waals surface area contributed by atoms with Gasteiger partial charge in [0.25, 0.3) is 0 Å². The molecule has 33 heavy (non-hydrogen) atoms. The third kappa shape index (κ3) is 5.16. The SMILES string of the molecule is CN(C(=O)C(CC(=O)O)NC(=O)OCC1c2ccccc2-c2ccccc21)C1CCCSC1. The molecule has 2 aliphatic rings. The first kappa shape index (κ1) is 23.2. The number of nitrogens with one attached hydrogen (secondary N) is 1. The molecule has 174 valence electrons. The van der Waals surface area contributed by atoms with E-state index in [2.05, 4.69) is 17.4 Å². The summed E-state index contributed by atoms with van der Waals surface area (Å²) in [5, 5.41) is 11.8. The highest BCUT2D eigenvalue weighted by atomic mass is 32.2. The van der Waals surface area contributed by atoms with E-state index in [-0.39, 0.29) is 18.6 Å². The number of carbonyl (C=O) groups is 3. The monoisotopic (exact) mass is 468 g/mol. The summed E-state index contributed by atoms with van der Waals surface area (Å²) in [5.41, 5.74) is 4.40. The van der Waals surface area contributed by atoms with E-state index in [1.54, 1.807) is 23.7 Å². The summed E-state index contributed by atoms with van der Waals surface area (Å²) in [6.45, 7) is 0.100. The van der Waals surface area contributed by atoms with Gasteiger partial charge in [0.15, 0.2) is 0 Å². The van der Waals surface area contributed by atoms with Crippen LogP contribution in [0.4, 0.5) is 4.79 Å². The van der Waals surface area contributed by atoms with E-state index in [0.717, 1.165) is 46.6 Å². The largest absolute Gasteiger partial charge is 0.481 e. The fraction of sp³-hybridized carbons (Fsp3) is 0.400. The van der Waals surface area contributed by atoms with Crippen LogP contribution in [0.1, 0.15) is 36.3 Å². The molecule has 2 N–H and O–H groups in total. The first-order chi connectivity index (χ1) is 16.0. The van der Waals surface area contributed by atoms with Gasteiger partial charge in [-0.15, -0.1) is 0 Å². The minimum Gasteiger partial charge on any atom is -0.481 e. The number of carboxylic acid groups (broad SMARTS) is 1. The normalized spacial score (nSPS) is 18.0. The van der Waals surface area contributed by atoms with E-state index in [0.29, 0.717) is 0 Å². The first-order valence-corrected chi connectivity index (χ1v) is 12.3. The third-order valence-electron chi connectivity index (χ3n) is 6.34. The molecule has 8 heteroatoms. The maximum Gasteiger partial charge on any atom is 0.407 e. The van der Waals surface area contributed by atoms with Gasteiger partial charge < -0.3 is 20.1 Å². The van der Waals surface area contributed by atoms with Crippen LogP contribution in [0, 0.1) is 0 Å². The van der Waals surface area contributed by atoms with Crippen LogP contribution >= 0.6 is 11.8 Å². The number of amides is 2. The maximum atomic E-state index is 13.0. The quantitative estimate of drug-likeness (QED) is 0.643. The molecule has 2 amide bonds. The Morgan fingerprint density at radius 2 is 1.76 bits per heavy atom. The summed E-state index contributed by atoms with van der Waals surface area (Å²) in [7, 11) is 1.67. The number of fused-ring (bicyclic) bond motifs is 3. The van der Waals surface area contributed by atoms with E-state index < -0.39 is 30.4 Å². The predicted molar refractivity (Wildman–Crippen MR) is 127 cm³/mol. The van der Waals surface area contributed by atoms with Crippen molar-refractivity contribution in [1.82, 2.24) is 10.2 Å². The van der Waals surface area contributed by atoms with E-state index in [4.69, 9.17) is 4.74 Å². The predicted octanol–water partition coefficient (Wildman–Crippen LogP) is 3.72. The highest BCUT2D eigenvalue weighted by Gasteiger charge is 2.33. The number of benzene rings is 2. The number of hydrogen-bond donors (Lipinski definition) is 2. The Labute approximate surface area is 197 Å². The average molecular weight is 469 g/mol. The van der Waals surface area contributed by atoms with Gasteiger partial charge in [-0.2, -0.15) is 11.8 Å². The average Bonchev–Trinajstić information content (AvgIpc) is 3.15. The zero-order valence-corrected chi connectivity index (χ0v) is 19.3. The van der Waals surface area contributed by atoms with Crippen LogP contribution < -0.4 is 5.32 Å². The van der Waals surface area contributed by atoms with Crippen LogP contribution in [0.15, 0.2) is 48.5 Å². The van der Waals surface area contributed by atoms with Gasteiger partial charge in [0.2, 0.25) is 5.91 Å². The van der Waals surface area contributed by atoms with Gasteiger partial charge >= 0.3 is 12.1 Å². The number of aliphatic carboxylic acids is 1. The fourth-order valence-corrected chi connectivity index (χ4v) is 5.81. The topological polar surface area (TPSA) is 95.9 Å². The molecular weight excluding hydrogens is 440 g/mol. The molecule has 4 rings (SSSR count). The molecule has 7 nitrogen and oxygen atoms in total. The van der Waals surface area contributed by atoms with Crippen molar-refractivity contribution in [3.63, 3.8) is 0 Å². The van der Waals surface area contributed by atoms with Gasteiger partial charge in [-0.3, -0.25) is 9.59 Å². The minimum absolute atomic E-state index is 0.0388. The molecule has 0 bridgehead atoms. The van der Waals surface area contributed by atoms with Crippen molar-refractivity contribution in [1.29, 1.82) is 0 Å². The van der Waals surface area contributed by atoms with E-state index >= 15 is 0 Å².